The fourth-order valence-corrected chi connectivity index (χ4v) is 3.79. The number of carbonyl (C=O) groups is 1. The molecule has 2 bridgehead atoms. The molecule has 2 aliphatic heterocycles. The molecule has 140 valence electrons. The quantitative estimate of drug-likeness (QED) is 0.804. The van der Waals surface area contributed by atoms with Gasteiger partial charge in [0.2, 0.25) is 5.91 Å². The van der Waals surface area contributed by atoms with Gasteiger partial charge in [-0.2, -0.15) is 0 Å². The molecule has 3 rings (SSSR count). The molecule has 1 aromatic rings. The first-order chi connectivity index (χ1) is 11.5. The van der Waals surface area contributed by atoms with E-state index in [1.807, 2.05) is 6.92 Å². The van der Waals surface area contributed by atoms with E-state index < -0.39 is 11.6 Å². The lowest BCUT2D eigenvalue weighted by Gasteiger charge is -2.29. The van der Waals surface area contributed by atoms with Crippen LogP contribution in [0.3, 0.4) is 0 Å². The van der Waals surface area contributed by atoms with E-state index in [9.17, 15) is 13.6 Å². The SMILES string of the molecule is CC(COc1ccc(F)cc1F)NC(=O)CC1CC2CCC(C1)N2.Cl. The van der Waals surface area contributed by atoms with Crippen LogP contribution in [0.2, 0.25) is 0 Å². The fourth-order valence-electron chi connectivity index (χ4n) is 3.79. The number of rotatable bonds is 6. The van der Waals surface area contributed by atoms with Crippen LogP contribution >= 0.6 is 12.4 Å². The minimum Gasteiger partial charge on any atom is -0.488 e. The monoisotopic (exact) mass is 374 g/mol. The Morgan fingerprint density at radius 3 is 2.64 bits per heavy atom. The van der Waals surface area contributed by atoms with Crippen LogP contribution in [0.1, 0.15) is 39.0 Å². The van der Waals surface area contributed by atoms with Crippen molar-refractivity contribution >= 4 is 18.3 Å². The molecule has 4 nitrogen and oxygen atoms in total. The highest BCUT2D eigenvalue weighted by Gasteiger charge is 2.34. The third-order valence-electron chi connectivity index (χ3n) is 4.83. The van der Waals surface area contributed by atoms with Crippen LogP contribution in [0.5, 0.6) is 5.75 Å². The summed E-state index contributed by atoms with van der Waals surface area (Å²) in [7, 11) is 0. The summed E-state index contributed by atoms with van der Waals surface area (Å²) in [5, 5.41) is 6.47. The van der Waals surface area contributed by atoms with Crippen molar-refractivity contribution in [2.75, 3.05) is 6.61 Å². The second-order valence-corrected chi connectivity index (χ2v) is 7.03. The molecule has 2 aliphatic rings. The number of piperidine rings is 1. The van der Waals surface area contributed by atoms with Crippen LogP contribution in [0.25, 0.3) is 0 Å². The highest BCUT2D eigenvalue weighted by Crippen LogP contribution is 2.32. The largest absolute Gasteiger partial charge is 0.488 e. The summed E-state index contributed by atoms with van der Waals surface area (Å²) < 4.78 is 31.7. The number of hydrogen-bond donors (Lipinski definition) is 2. The summed E-state index contributed by atoms with van der Waals surface area (Å²) in [5.41, 5.74) is 0. The van der Waals surface area contributed by atoms with Crippen molar-refractivity contribution in [3.63, 3.8) is 0 Å². The van der Waals surface area contributed by atoms with E-state index in [0.717, 1.165) is 25.0 Å². The second kappa shape index (κ2) is 8.81. The van der Waals surface area contributed by atoms with Crippen LogP contribution in [0.4, 0.5) is 8.78 Å². The zero-order valence-electron chi connectivity index (χ0n) is 14.3. The minimum atomic E-state index is -0.737. The van der Waals surface area contributed by atoms with Crippen molar-refractivity contribution in [2.45, 2.75) is 57.2 Å². The highest BCUT2D eigenvalue weighted by atomic mass is 35.5. The lowest BCUT2D eigenvalue weighted by atomic mass is 9.89. The lowest BCUT2D eigenvalue weighted by molar-refractivity contribution is -0.123. The van der Waals surface area contributed by atoms with Crippen LogP contribution in [-0.2, 0) is 4.79 Å². The number of nitrogens with one attached hydrogen (secondary N) is 2. The maximum Gasteiger partial charge on any atom is 0.220 e. The van der Waals surface area contributed by atoms with E-state index in [4.69, 9.17) is 4.74 Å². The molecule has 2 N–H and O–H groups in total. The number of fused-ring (bicyclic) bond motifs is 2. The first-order valence-corrected chi connectivity index (χ1v) is 8.63. The Hall–Kier alpha value is -1.40. The van der Waals surface area contributed by atoms with Crippen molar-refractivity contribution in [3.8, 4) is 5.75 Å². The van der Waals surface area contributed by atoms with Crippen LogP contribution in [-0.4, -0.2) is 30.6 Å². The summed E-state index contributed by atoms with van der Waals surface area (Å²) in [6.07, 6.45) is 5.10. The Bertz CT molecular complexity index is 590. The van der Waals surface area contributed by atoms with Gasteiger partial charge in [0.1, 0.15) is 12.4 Å². The van der Waals surface area contributed by atoms with Gasteiger partial charge in [0.25, 0.3) is 0 Å². The van der Waals surface area contributed by atoms with Gasteiger partial charge in [-0.05, 0) is 50.7 Å². The van der Waals surface area contributed by atoms with E-state index in [1.165, 1.54) is 18.9 Å². The first-order valence-electron chi connectivity index (χ1n) is 8.63. The summed E-state index contributed by atoms with van der Waals surface area (Å²) in [6, 6.07) is 4.09. The fraction of sp³-hybridized carbons (Fsp3) is 0.611. The molecular formula is C18H25ClF2N2O2. The molecule has 1 aromatic carbocycles. The summed E-state index contributed by atoms with van der Waals surface area (Å²) >= 11 is 0. The van der Waals surface area contributed by atoms with Crippen molar-refractivity contribution in [2.24, 2.45) is 5.92 Å². The number of ether oxygens (including phenoxy) is 1. The molecular weight excluding hydrogens is 350 g/mol. The van der Waals surface area contributed by atoms with E-state index in [2.05, 4.69) is 10.6 Å². The van der Waals surface area contributed by atoms with Gasteiger partial charge in [-0.3, -0.25) is 4.79 Å². The maximum absolute atomic E-state index is 13.5. The van der Waals surface area contributed by atoms with E-state index in [1.54, 1.807) is 0 Å². The van der Waals surface area contributed by atoms with Crippen molar-refractivity contribution in [1.29, 1.82) is 0 Å². The molecule has 3 unspecified atom stereocenters. The number of carbonyl (C=O) groups excluding carboxylic acids is 1. The van der Waals surface area contributed by atoms with Gasteiger partial charge in [-0.25, -0.2) is 8.78 Å². The van der Waals surface area contributed by atoms with Gasteiger partial charge in [0, 0.05) is 24.6 Å². The van der Waals surface area contributed by atoms with Crippen molar-refractivity contribution < 1.29 is 18.3 Å². The number of benzene rings is 1. The third-order valence-corrected chi connectivity index (χ3v) is 4.83. The maximum atomic E-state index is 13.5. The standard InChI is InChI=1S/C18H24F2N2O2.ClH/c1-11(10-24-17-5-2-13(19)9-16(17)20)21-18(23)8-12-6-14-3-4-15(7-12)22-14;/h2,5,9,11-12,14-15,22H,3-4,6-8,10H2,1H3,(H,21,23);1H. The summed E-state index contributed by atoms with van der Waals surface area (Å²) in [4.78, 5) is 12.2. The molecule has 0 aliphatic carbocycles. The van der Waals surface area contributed by atoms with Gasteiger partial charge in [0.05, 0.1) is 6.04 Å². The van der Waals surface area contributed by atoms with Gasteiger partial charge in [-0.15, -0.1) is 12.4 Å². The van der Waals surface area contributed by atoms with Crippen molar-refractivity contribution in [1.82, 2.24) is 10.6 Å². The molecule has 2 saturated heterocycles. The normalized spacial score (nSPS) is 25.8. The first kappa shape index (κ1) is 19.9. The van der Waals surface area contributed by atoms with Crippen LogP contribution in [0, 0.1) is 17.6 Å². The topological polar surface area (TPSA) is 50.4 Å². The lowest BCUT2D eigenvalue weighted by Crippen LogP contribution is -2.42. The molecule has 1 amide bonds. The predicted molar refractivity (Wildman–Crippen MR) is 94.0 cm³/mol. The number of hydrogen-bond acceptors (Lipinski definition) is 3. The Kier molecular flexibility index (Phi) is 7.02. The molecule has 0 spiro atoms. The Balaban J connectivity index is 0.00000225. The van der Waals surface area contributed by atoms with E-state index >= 15 is 0 Å². The Morgan fingerprint density at radius 1 is 1.32 bits per heavy atom. The molecule has 3 atom stereocenters. The highest BCUT2D eigenvalue weighted by molar-refractivity contribution is 5.85. The average molecular weight is 375 g/mol. The number of halogens is 3. The second-order valence-electron chi connectivity index (χ2n) is 7.03. The van der Waals surface area contributed by atoms with Crippen LogP contribution < -0.4 is 15.4 Å². The third kappa shape index (κ3) is 5.54. The van der Waals surface area contributed by atoms with Gasteiger partial charge in [0.15, 0.2) is 11.6 Å². The molecule has 0 saturated carbocycles. The predicted octanol–water partition coefficient (Wildman–Crippen LogP) is 3.19. The zero-order chi connectivity index (χ0) is 17.1. The summed E-state index contributed by atoms with van der Waals surface area (Å²) in [5.74, 6) is -0.938. The molecule has 2 heterocycles. The van der Waals surface area contributed by atoms with E-state index in [0.29, 0.717) is 24.4 Å². The Morgan fingerprint density at radius 2 is 2.00 bits per heavy atom. The van der Waals surface area contributed by atoms with Gasteiger partial charge >= 0.3 is 0 Å². The smallest absolute Gasteiger partial charge is 0.220 e. The summed E-state index contributed by atoms with van der Waals surface area (Å²) in [6.45, 7) is 1.96. The average Bonchev–Trinajstić information content (AvgIpc) is 2.85. The molecule has 2 fully saturated rings. The molecule has 0 radical (unpaired) electrons. The van der Waals surface area contributed by atoms with E-state index in [-0.39, 0.29) is 36.7 Å². The Labute approximate surface area is 153 Å². The van der Waals surface area contributed by atoms with Crippen molar-refractivity contribution in [3.05, 3.63) is 29.8 Å². The minimum absolute atomic E-state index is 0. The van der Waals surface area contributed by atoms with Gasteiger partial charge < -0.3 is 15.4 Å². The molecule has 7 heteroatoms. The number of amides is 1. The van der Waals surface area contributed by atoms with Crippen LogP contribution in [0.15, 0.2) is 18.2 Å². The van der Waals surface area contributed by atoms with Gasteiger partial charge in [-0.1, -0.05) is 0 Å². The molecule has 25 heavy (non-hydrogen) atoms. The zero-order valence-corrected chi connectivity index (χ0v) is 15.1. The molecule has 0 aromatic heterocycles.